The normalized spacial score (nSPS) is 11.0. The number of carbonyl (C=O) groups excluding carboxylic acids is 1. The molecular formula is C29H32ClN3O2. The zero-order chi connectivity index (χ0) is 24.5. The van der Waals surface area contributed by atoms with Crippen LogP contribution >= 0.6 is 11.6 Å². The molecule has 5 nitrogen and oxygen atoms in total. The molecule has 35 heavy (non-hydrogen) atoms. The molecule has 0 spiro atoms. The SMILES string of the molecule is CCc1ccc(OCCCCn2c(CCCNC(=O)c3ccccc3Cl)nc3ccccc32)cc1. The van der Waals surface area contributed by atoms with Gasteiger partial charge in [-0.05, 0) is 67.6 Å². The highest BCUT2D eigenvalue weighted by Gasteiger charge is 2.12. The highest BCUT2D eigenvalue weighted by atomic mass is 35.5. The monoisotopic (exact) mass is 489 g/mol. The van der Waals surface area contributed by atoms with Gasteiger partial charge in [-0.3, -0.25) is 4.79 Å². The Labute approximate surface area is 212 Å². The minimum absolute atomic E-state index is 0.145. The molecule has 182 valence electrons. The zero-order valence-electron chi connectivity index (χ0n) is 20.2. The number of ether oxygens (including phenoxy) is 1. The number of aryl methyl sites for hydroxylation is 3. The summed E-state index contributed by atoms with van der Waals surface area (Å²) in [6, 6.07) is 23.7. The van der Waals surface area contributed by atoms with Crippen LogP contribution in [-0.2, 0) is 19.4 Å². The molecule has 6 heteroatoms. The van der Waals surface area contributed by atoms with Crippen molar-refractivity contribution < 1.29 is 9.53 Å². The number of unbranched alkanes of at least 4 members (excludes halogenated alkanes) is 1. The number of halogens is 1. The van der Waals surface area contributed by atoms with Crippen molar-refractivity contribution in [2.24, 2.45) is 0 Å². The molecule has 0 aliphatic rings. The summed E-state index contributed by atoms with van der Waals surface area (Å²) in [6.45, 7) is 4.31. The number of benzene rings is 3. The number of aromatic nitrogens is 2. The Hall–Kier alpha value is -3.31. The van der Waals surface area contributed by atoms with E-state index in [9.17, 15) is 4.79 Å². The Morgan fingerprint density at radius 2 is 1.74 bits per heavy atom. The lowest BCUT2D eigenvalue weighted by molar-refractivity contribution is 0.0953. The average Bonchev–Trinajstić information content (AvgIpc) is 3.24. The van der Waals surface area contributed by atoms with Crippen LogP contribution in [0.3, 0.4) is 0 Å². The summed E-state index contributed by atoms with van der Waals surface area (Å²) < 4.78 is 8.22. The molecule has 3 aromatic carbocycles. The summed E-state index contributed by atoms with van der Waals surface area (Å²) in [5, 5.41) is 3.44. The molecule has 0 unspecified atom stereocenters. The number of rotatable bonds is 12. The van der Waals surface area contributed by atoms with Gasteiger partial charge in [-0.15, -0.1) is 0 Å². The van der Waals surface area contributed by atoms with E-state index >= 15 is 0 Å². The minimum atomic E-state index is -0.145. The summed E-state index contributed by atoms with van der Waals surface area (Å²) in [7, 11) is 0. The van der Waals surface area contributed by atoms with Crippen LogP contribution in [0.1, 0.15) is 47.9 Å². The highest BCUT2D eigenvalue weighted by Crippen LogP contribution is 2.19. The first-order valence-electron chi connectivity index (χ1n) is 12.3. The van der Waals surface area contributed by atoms with Gasteiger partial charge in [0.25, 0.3) is 5.91 Å². The largest absolute Gasteiger partial charge is 0.494 e. The van der Waals surface area contributed by atoms with E-state index in [0.29, 0.717) is 23.7 Å². The van der Waals surface area contributed by atoms with E-state index in [0.717, 1.165) is 61.3 Å². The Morgan fingerprint density at radius 1 is 0.971 bits per heavy atom. The van der Waals surface area contributed by atoms with E-state index in [1.165, 1.54) is 5.56 Å². The van der Waals surface area contributed by atoms with Gasteiger partial charge in [-0.1, -0.05) is 54.9 Å². The number of hydrogen-bond acceptors (Lipinski definition) is 3. The van der Waals surface area contributed by atoms with E-state index in [1.54, 1.807) is 12.1 Å². The molecule has 1 aromatic heterocycles. The van der Waals surface area contributed by atoms with Crippen molar-refractivity contribution in [3.05, 3.63) is 94.8 Å². The van der Waals surface area contributed by atoms with Gasteiger partial charge in [-0.25, -0.2) is 4.98 Å². The number of carbonyl (C=O) groups is 1. The van der Waals surface area contributed by atoms with Crippen LogP contribution in [0.25, 0.3) is 11.0 Å². The first-order chi connectivity index (χ1) is 17.2. The molecule has 1 N–H and O–H groups in total. The second-order valence-electron chi connectivity index (χ2n) is 8.56. The van der Waals surface area contributed by atoms with E-state index in [-0.39, 0.29) is 5.91 Å². The van der Waals surface area contributed by atoms with Gasteiger partial charge in [0, 0.05) is 19.5 Å². The summed E-state index contributed by atoms with van der Waals surface area (Å²) in [6.07, 6.45) is 4.60. The predicted octanol–water partition coefficient (Wildman–Crippen LogP) is 6.47. The number of amides is 1. The fraction of sp³-hybridized carbons (Fsp3) is 0.310. The molecule has 0 aliphatic heterocycles. The van der Waals surface area contributed by atoms with E-state index in [1.807, 2.05) is 30.3 Å². The van der Waals surface area contributed by atoms with Gasteiger partial charge in [-0.2, -0.15) is 0 Å². The zero-order valence-corrected chi connectivity index (χ0v) is 20.9. The topological polar surface area (TPSA) is 56.1 Å². The number of nitrogens with zero attached hydrogens (tertiary/aromatic N) is 2. The molecule has 0 bridgehead atoms. The van der Waals surface area contributed by atoms with Crippen molar-refractivity contribution >= 4 is 28.5 Å². The number of imidazole rings is 1. The number of fused-ring (bicyclic) bond motifs is 1. The van der Waals surface area contributed by atoms with Gasteiger partial charge in [0.1, 0.15) is 11.6 Å². The van der Waals surface area contributed by atoms with Crippen LogP contribution in [0.4, 0.5) is 0 Å². The standard InChI is InChI=1S/C29H32ClN3O2/c1-2-22-15-17-23(18-16-22)35-21-8-7-20-33-27-13-6-5-12-26(27)32-28(33)14-9-19-31-29(34)24-10-3-4-11-25(24)30/h3-6,10-13,15-18H,2,7-9,14,19-21H2,1H3,(H,31,34). The minimum Gasteiger partial charge on any atom is -0.494 e. The fourth-order valence-electron chi connectivity index (χ4n) is 4.14. The van der Waals surface area contributed by atoms with Crippen molar-refractivity contribution in [3.63, 3.8) is 0 Å². The van der Waals surface area contributed by atoms with Crippen molar-refractivity contribution in [1.82, 2.24) is 14.9 Å². The second kappa shape index (κ2) is 12.4. The Kier molecular flexibility index (Phi) is 8.79. The van der Waals surface area contributed by atoms with Crippen LogP contribution in [0.5, 0.6) is 5.75 Å². The molecule has 4 rings (SSSR count). The average molecular weight is 490 g/mol. The predicted molar refractivity (Wildman–Crippen MR) is 142 cm³/mol. The molecule has 0 atom stereocenters. The molecule has 4 aromatic rings. The summed E-state index contributed by atoms with van der Waals surface area (Å²) in [5.41, 5.74) is 3.98. The number of nitrogens with one attached hydrogen (secondary N) is 1. The van der Waals surface area contributed by atoms with Gasteiger partial charge in [0.15, 0.2) is 0 Å². The molecule has 0 saturated carbocycles. The highest BCUT2D eigenvalue weighted by molar-refractivity contribution is 6.33. The van der Waals surface area contributed by atoms with Crippen molar-refractivity contribution in [3.8, 4) is 5.75 Å². The molecule has 1 amide bonds. The summed E-state index contributed by atoms with van der Waals surface area (Å²) in [5.74, 6) is 1.83. The molecule has 0 aliphatic carbocycles. The lowest BCUT2D eigenvalue weighted by Gasteiger charge is -2.11. The van der Waals surface area contributed by atoms with E-state index in [2.05, 4.69) is 47.1 Å². The maximum Gasteiger partial charge on any atom is 0.252 e. The molecular weight excluding hydrogens is 458 g/mol. The van der Waals surface area contributed by atoms with Crippen molar-refractivity contribution in [1.29, 1.82) is 0 Å². The number of hydrogen-bond donors (Lipinski definition) is 1. The Bertz CT molecular complexity index is 1250. The number of para-hydroxylation sites is 2. The maximum absolute atomic E-state index is 12.4. The van der Waals surface area contributed by atoms with Gasteiger partial charge < -0.3 is 14.6 Å². The van der Waals surface area contributed by atoms with Crippen LogP contribution < -0.4 is 10.1 Å². The third-order valence-corrected chi connectivity index (χ3v) is 6.42. The summed E-state index contributed by atoms with van der Waals surface area (Å²) >= 11 is 6.13. The van der Waals surface area contributed by atoms with Crippen molar-refractivity contribution in [2.45, 2.75) is 45.6 Å². The van der Waals surface area contributed by atoms with Crippen LogP contribution in [0, 0.1) is 0 Å². The van der Waals surface area contributed by atoms with E-state index in [4.69, 9.17) is 21.3 Å². The van der Waals surface area contributed by atoms with Crippen LogP contribution in [-0.4, -0.2) is 28.6 Å². The molecule has 1 heterocycles. The first kappa shape index (κ1) is 24.8. The molecule has 0 saturated heterocycles. The molecule has 0 fully saturated rings. The summed E-state index contributed by atoms with van der Waals surface area (Å²) in [4.78, 5) is 17.3. The quantitative estimate of drug-likeness (QED) is 0.232. The van der Waals surface area contributed by atoms with Crippen LogP contribution in [0.2, 0.25) is 5.02 Å². The van der Waals surface area contributed by atoms with Crippen LogP contribution in [0.15, 0.2) is 72.8 Å². The maximum atomic E-state index is 12.4. The van der Waals surface area contributed by atoms with Gasteiger partial charge >= 0.3 is 0 Å². The lowest BCUT2D eigenvalue weighted by Crippen LogP contribution is -2.25. The Morgan fingerprint density at radius 3 is 2.54 bits per heavy atom. The second-order valence-corrected chi connectivity index (χ2v) is 8.97. The fourth-order valence-corrected chi connectivity index (χ4v) is 4.36. The van der Waals surface area contributed by atoms with Gasteiger partial charge in [0.05, 0.1) is 28.2 Å². The van der Waals surface area contributed by atoms with Gasteiger partial charge in [0.2, 0.25) is 0 Å². The lowest BCUT2D eigenvalue weighted by atomic mass is 10.2. The third-order valence-electron chi connectivity index (χ3n) is 6.09. The van der Waals surface area contributed by atoms with Crippen molar-refractivity contribution in [2.75, 3.05) is 13.2 Å². The van der Waals surface area contributed by atoms with E-state index < -0.39 is 0 Å². The molecule has 0 radical (unpaired) electrons. The Balaban J connectivity index is 1.28. The third kappa shape index (κ3) is 6.64. The smallest absolute Gasteiger partial charge is 0.252 e. The first-order valence-corrected chi connectivity index (χ1v) is 12.7.